The molecule has 2 N–H and O–H groups in total. The van der Waals surface area contributed by atoms with E-state index in [0.29, 0.717) is 0 Å². The van der Waals surface area contributed by atoms with Crippen molar-refractivity contribution in [3.8, 4) is 0 Å². The summed E-state index contributed by atoms with van der Waals surface area (Å²) >= 11 is 17.8. The Morgan fingerprint density at radius 1 is 1.18 bits per heavy atom. The van der Waals surface area contributed by atoms with Gasteiger partial charge >= 0.3 is 6.18 Å². The molecular weight excluding hydrogens is 358 g/mol. The summed E-state index contributed by atoms with van der Waals surface area (Å²) in [6, 6.07) is 4.47. The maximum atomic E-state index is 13.5. The maximum Gasteiger partial charge on any atom is 0.416 e. The standard InChI is InChI=1S/C15H13Cl3F3N/c16-11-6-9(7-12(17)14(11)18)10-3-1-2-8(4-5-22)13(10)15(19,20)21/h1-3,6,9H,4-5,7,22H2. The summed E-state index contributed by atoms with van der Waals surface area (Å²) in [7, 11) is 0. The average molecular weight is 371 g/mol. The fourth-order valence-corrected chi connectivity index (χ4v) is 3.28. The first-order chi connectivity index (χ1) is 10.3. The summed E-state index contributed by atoms with van der Waals surface area (Å²) in [5, 5.41) is 0.614. The molecule has 1 aliphatic rings. The van der Waals surface area contributed by atoms with Gasteiger partial charge in [0, 0.05) is 11.0 Å². The first-order valence-electron chi connectivity index (χ1n) is 6.56. The number of allylic oxidation sites excluding steroid dienone is 4. The van der Waals surface area contributed by atoms with E-state index in [1.54, 1.807) is 6.07 Å². The van der Waals surface area contributed by atoms with Gasteiger partial charge in [0.15, 0.2) is 0 Å². The molecule has 1 unspecified atom stereocenters. The number of alkyl halides is 3. The lowest BCUT2D eigenvalue weighted by Crippen LogP contribution is -2.17. The molecule has 0 radical (unpaired) electrons. The van der Waals surface area contributed by atoms with Crippen LogP contribution < -0.4 is 5.73 Å². The number of hydrogen-bond donors (Lipinski definition) is 1. The maximum absolute atomic E-state index is 13.5. The minimum Gasteiger partial charge on any atom is -0.330 e. The molecule has 0 heterocycles. The highest BCUT2D eigenvalue weighted by molar-refractivity contribution is 6.48. The highest BCUT2D eigenvalue weighted by atomic mass is 35.5. The lowest BCUT2D eigenvalue weighted by Gasteiger charge is -2.24. The second kappa shape index (κ2) is 6.83. The monoisotopic (exact) mass is 369 g/mol. The van der Waals surface area contributed by atoms with Gasteiger partial charge in [-0.2, -0.15) is 13.2 Å². The summed E-state index contributed by atoms with van der Waals surface area (Å²) in [5.41, 5.74) is 5.07. The van der Waals surface area contributed by atoms with Crippen LogP contribution in [0.5, 0.6) is 0 Å². The number of hydrogen-bond acceptors (Lipinski definition) is 1. The SMILES string of the molecule is NCCc1cccc(C2C=C(Cl)C(Cl)=C(Cl)C2)c1C(F)(F)F. The molecule has 0 saturated carbocycles. The van der Waals surface area contributed by atoms with E-state index in [-0.39, 0.29) is 45.6 Å². The van der Waals surface area contributed by atoms with Crippen LogP contribution in [0.25, 0.3) is 0 Å². The first-order valence-corrected chi connectivity index (χ1v) is 7.70. The molecule has 0 fully saturated rings. The Morgan fingerprint density at radius 3 is 2.41 bits per heavy atom. The van der Waals surface area contributed by atoms with Crippen molar-refractivity contribution in [2.45, 2.75) is 24.9 Å². The van der Waals surface area contributed by atoms with Crippen molar-refractivity contribution >= 4 is 34.8 Å². The molecule has 1 nitrogen and oxygen atoms in total. The highest BCUT2D eigenvalue weighted by Crippen LogP contribution is 2.44. The molecule has 1 aromatic rings. The van der Waals surface area contributed by atoms with Gasteiger partial charge in [0.05, 0.1) is 15.6 Å². The Bertz CT molecular complexity index is 635. The topological polar surface area (TPSA) is 26.0 Å². The van der Waals surface area contributed by atoms with E-state index in [1.165, 1.54) is 18.2 Å². The largest absolute Gasteiger partial charge is 0.416 e. The van der Waals surface area contributed by atoms with E-state index in [1.807, 2.05) is 0 Å². The number of benzene rings is 1. The summed E-state index contributed by atoms with van der Waals surface area (Å²) < 4.78 is 40.5. The van der Waals surface area contributed by atoms with Gasteiger partial charge in [-0.25, -0.2) is 0 Å². The third kappa shape index (κ3) is 3.62. The van der Waals surface area contributed by atoms with Crippen LogP contribution in [-0.4, -0.2) is 6.54 Å². The predicted molar refractivity (Wildman–Crippen MR) is 84.2 cm³/mol. The molecule has 1 aromatic carbocycles. The van der Waals surface area contributed by atoms with E-state index in [9.17, 15) is 13.2 Å². The van der Waals surface area contributed by atoms with E-state index < -0.39 is 17.7 Å². The third-order valence-electron chi connectivity index (χ3n) is 3.47. The molecule has 7 heteroatoms. The predicted octanol–water partition coefficient (Wildman–Crippen LogP) is 5.51. The van der Waals surface area contributed by atoms with Gasteiger partial charge in [0.25, 0.3) is 0 Å². The van der Waals surface area contributed by atoms with Crippen LogP contribution in [0.3, 0.4) is 0 Å². The zero-order chi connectivity index (χ0) is 16.5. The zero-order valence-corrected chi connectivity index (χ0v) is 13.6. The molecule has 0 aliphatic heterocycles. The van der Waals surface area contributed by atoms with Gasteiger partial charge in [-0.1, -0.05) is 59.1 Å². The fourth-order valence-electron chi connectivity index (χ4n) is 2.56. The van der Waals surface area contributed by atoms with Crippen LogP contribution in [-0.2, 0) is 12.6 Å². The van der Waals surface area contributed by atoms with Crippen LogP contribution in [0.4, 0.5) is 13.2 Å². The van der Waals surface area contributed by atoms with E-state index >= 15 is 0 Å². The molecule has 0 amide bonds. The molecule has 2 rings (SSSR count). The molecule has 1 aliphatic carbocycles. The van der Waals surface area contributed by atoms with Gasteiger partial charge in [-0.3, -0.25) is 0 Å². The Balaban J connectivity index is 2.55. The minimum absolute atomic E-state index is 0.138. The molecule has 120 valence electrons. The lowest BCUT2D eigenvalue weighted by molar-refractivity contribution is -0.138. The molecule has 0 bridgehead atoms. The zero-order valence-electron chi connectivity index (χ0n) is 11.4. The van der Waals surface area contributed by atoms with Gasteiger partial charge in [-0.05, 0) is 30.5 Å². The summed E-state index contributed by atoms with van der Waals surface area (Å²) in [6.07, 6.45) is -2.63. The van der Waals surface area contributed by atoms with E-state index in [0.717, 1.165) is 0 Å². The average Bonchev–Trinajstić information content (AvgIpc) is 2.43. The van der Waals surface area contributed by atoms with E-state index in [2.05, 4.69) is 0 Å². The highest BCUT2D eigenvalue weighted by Gasteiger charge is 2.38. The fraction of sp³-hybridized carbons (Fsp3) is 0.333. The second-order valence-electron chi connectivity index (χ2n) is 4.96. The van der Waals surface area contributed by atoms with Crippen LogP contribution >= 0.6 is 34.8 Å². The Morgan fingerprint density at radius 2 is 1.86 bits per heavy atom. The van der Waals surface area contributed by atoms with Crippen LogP contribution in [0.2, 0.25) is 0 Å². The molecule has 0 saturated heterocycles. The second-order valence-corrected chi connectivity index (χ2v) is 6.20. The molecule has 0 aromatic heterocycles. The van der Waals surface area contributed by atoms with Crippen LogP contribution in [0, 0.1) is 0 Å². The Kier molecular flexibility index (Phi) is 5.49. The summed E-state index contributed by atoms with van der Waals surface area (Å²) in [5.74, 6) is -0.572. The van der Waals surface area contributed by atoms with E-state index in [4.69, 9.17) is 40.5 Å². The van der Waals surface area contributed by atoms with Gasteiger partial charge in [-0.15, -0.1) is 0 Å². The molecule has 0 spiro atoms. The van der Waals surface area contributed by atoms with Crippen molar-refractivity contribution in [1.82, 2.24) is 0 Å². The van der Waals surface area contributed by atoms with Crippen molar-refractivity contribution in [1.29, 1.82) is 0 Å². The Labute approximate surface area is 141 Å². The van der Waals surface area contributed by atoms with Crippen molar-refractivity contribution in [2.24, 2.45) is 5.73 Å². The minimum atomic E-state index is -4.47. The van der Waals surface area contributed by atoms with Crippen molar-refractivity contribution in [2.75, 3.05) is 6.54 Å². The molecular formula is C15H13Cl3F3N. The normalized spacial score (nSPS) is 19.4. The summed E-state index contributed by atoms with van der Waals surface area (Å²) in [6.45, 7) is 0.139. The van der Waals surface area contributed by atoms with Crippen LogP contribution in [0.15, 0.2) is 39.4 Å². The number of halogens is 6. The molecule has 22 heavy (non-hydrogen) atoms. The smallest absolute Gasteiger partial charge is 0.330 e. The van der Waals surface area contributed by atoms with Gasteiger partial charge in [0.2, 0.25) is 0 Å². The van der Waals surface area contributed by atoms with Crippen molar-refractivity contribution in [3.05, 3.63) is 56.1 Å². The summed E-state index contributed by atoms with van der Waals surface area (Å²) in [4.78, 5) is 0. The third-order valence-corrected chi connectivity index (χ3v) is 4.76. The molecule has 1 atom stereocenters. The number of rotatable bonds is 3. The van der Waals surface area contributed by atoms with Gasteiger partial charge < -0.3 is 5.73 Å². The quantitative estimate of drug-likeness (QED) is 0.746. The first kappa shape index (κ1) is 17.7. The van der Waals surface area contributed by atoms with Crippen molar-refractivity contribution < 1.29 is 13.2 Å². The lowest BCUT2D eigenvalue weighted by atomic mass is 9.86. The van der Waals surface area contributed by atoms with Crippen LogP contribution in [0.1, 0.15) is 29.0 Å². The Hall–Kier alpha value is -0.680. The van der Waals surface area contributed by atoms with Crippen molar-refractivity contribution in [3.63, 3.8) is 0 Å². The van der Waals surface area contributed by atoms with Gasteiger partial charge in [0.1, 0.15) is 0 Å². The number of nitrogens with two attached hydrogens (primary N) is 1.